The largest absolute Gasteiger partial charge is 0.495 e. The van der Waals surface area contributed by atoms with Crippen molar-refractivity contribution >= 4 is 17.5 Å². The van der Waals surface area contributed by atoms with Gasteiger partial charge in [0.25, 0.3) is 0 Å². The van der Waals surface area contributed by atoms with Gasteiger partial charge in [-0.15, -0.1) is 0 Å². The van der Waals surface area contributed by atoms with E-state index in [1.807, 2.05) is 0 Å². The first-order valence-corrected chi connectivity index (χ1v) is 5.24. The Labute approximate surface area is 99.9 Å². The van der Waals surface area contributed by atoms with Gasteiger partial charge in [-0.3, -0.25) is 4.79 Å². The highest BCUT2D eigenvalue weighted by Crippen LogP contribution is 2.27. The lowest BCUT2D eigenvalue weighted by Gasteiger charge is -2.15. The molecule has 0 heterocycles. The molecule has 1 unspecified atom stereocenters. The number of nitrogens with one attached hydrogen (secondary N) is 2. The Kier molecular flexibility index (Phi) is 4.58. The van der Waals surface area contributed by atoms with E-state index in [4.69, 9.17) is 16.3 Å². The van der Waals surface area contributed by atoms with Crippen LogP contribution in [0.3, 0.4) is 0 Å². The van der Waals surface area contributed by atoms with E-state index in [1.165, 1.54) is 0 Å². The summed E-state index contributed by atoms with van der Waals surface area (Å²) in [5.41, 5.74) is 0.799. The predicted octanol–water partition coefficient (Wildman–Crippen LogP) is 1.36. The predicted molar refractivity (Wildman–Crippen MR) is 63.9 cm³/mol. The van der Waals surface area contributed by atoms with Gasteiger partial charge in [-0.05, 0) is 24.7 Å². The van der Waals surface area contributed by atoms with E-state index in [1.54, 1.807) is 39.4 Å². The van der Waals surface area contributed by atoms with E-state index < -0.39 is 6.04 Å². The third-order valence-corrected chi connectivity index (χ3v) is 2.60. The Balaban J connectivity index is 3.03. The minimum atomic E-state index is -0.409. The van der Waals surface area contributed by atoms with Crippen LogP contribution in [-0.4, -0.2) is 27.1 Å². The molecule has 0 saturated heterocycles. The maximum Gasteiger partial charge on any atom is 0.241 e. The van der Waals surface area contributed by atoms with Gasteiger partial charge >= 0.3 is 0 Å². The fraction of sp³-hybridized carbons (Fsp3) is 0.364. The summed E-state index contributed by atoms with van der Waals surface area (Å²) >= 11 is 5.99. The van der Waals surface area contributed by atoms with Crippen molar-refractivity contribution in [2.24, 2.45) is 0 Å². The highest BCUT2D eigenvalue weighted by Gasteiger charge is 2.18. The van der Waals surface area contributed by atoms with Crippen molar-refractivity contribution in [3.8, 4) is 5.75 Å². The second-order valence-electron chi connectivity index (χ2n) is 3.23. The lowest BCUT2D eigenvalue weighted by molar-refractivity contribution is -0.122. The van der Waals surface area contributed by atoms with Crippen LogP contribution in [0.25, 0.3) is 0 Å². The normalized spacial score (nSPS) is 12.0. The second kappa shape index (κ2) is 5.72. The van der Waals surface area contributed by atoms with Gasteiger partial charge in [-0.2, -0.15) is 0 Å². The summed E-state index contributed by atoms with van der Waals surface area (Å²) in [5.74, 6) is 0.487. The van der Waals surface area contributed by atoms with Crippen LogP contribution in [-0.2, 0) is 4.79 Å². The first-order valence-electron chi connectivity index (χ1n) is 4.86. The molecule has 0 aromatic heterocycles. The Hall–Kier alpha value is -1.26. The van der Waals surface area contributed by atoms with Gasteiger partial charge in [0.2, 0.25) is 5.91 Å². The van der Waals surface area contributed by atoms with Crippen LogP contribution in [0.15, 0.2) is 18.2 Å². The maximum absolute atomic E-state index is 11.6. The SMILES string of the molecule is CNC(=O)C(NC)c1ccc(OC)c(Cl)c1. The van der Waals surface area contributed by atoms with E-state index in [9.17, 15) is 4.79 Å². The van der Waals surface area contributed by atoms with Crippen molar-refractivity contribution < 1.29 is 9.53 Å². The number of ether oxygens (including phenoxy) is 1. The average molecular weight is 243 g/mol. The lowest BCUT2D eigenvalue weighted by atomic mass is 10.1. The van der Waals surface area contributed by atoms with Crippen LogP contribution in [0.2, 0.25) is 5.02 Å². The Morgan fingerprint density at radius 1 is 1.44 bits per heavy atom. The van der Waals surface area contributed by atoms with E-state index in [0.717, 1.165) is 5.56 Å². The molecule has 0 spiro atoms. The monoisotopic (exact) mass is 242 g/mol. The summed E-state index contributed by atoms with van der Waals surface area (Å²) in [5, 5.41) is 6.00. The summed E-state index contributed by atoms with van der Waals surface area (Å²) in [6.07, 6.45) is 0. The first-order chi connectivity index (χ1) is 7.63. The molecular formula is C11H15ClN2O2. The van der Waals surface area contributed by atoms with Crippen molar-refractivity contribution in [2.45, 2.75) is 6.04 Å². The number of hydrogen-bond donors (Lipinski definition) is 2. The van der Waals surface area contributed by atoms with Crippen LogP contribution >= 0.6 is 11.6 Å². The number of halogens is 1. The third-order valence-electron chi connectivity index (χ3n) is 2.31. The molecule has 4 nitrogen and oxygen atoms in total. The molecule has 88 valence electrons. The Bertz CT molecular complexity index is 382. The molecule has 0 aliphatic rings. The molecule has 0 bridgehead atoms. The van der Waals surface area contributed by atoms with Crippen molar-refractivity contribution in [3.63, 3.8) is 0 Å². The molecule has 0 aliphatic carbocycles. The number of carbonyl (C=O) groups is 1. The minimum absolute atomic E-state index is 0.108. The van der Waals surface area contributed by atoms with Gasteiger partial charge in [0.15, 0.2) is 0 Å². The summed E-state index contributed by atoms with van der Waals surface area (Å²) in [4.78, 5) is 11.6. The number of hydrogen-bond acceptors (Lipinski definition) is 3. The molecule has 16 heavy (non-hydrogen) atoms. The van der Waals surface area contributed by atoms with Crippen LogP contribution in [0.5, 0.6) is 5.75 Å². The molecule has 0 saturated carbocycles. The lowest BCUT2D eigenvalue weighted by Crippen LogP contribution is -2.33. The van der Waals surface area contributed by atoms with Crippen molar-refractivity contribution in [3.05, 3.63) is 28.8 Å². The highest BCUT2D eigenvalue weighted by molar-refractivity contribution is 6.32. The standard InChI is InChI=1S/C11H15ClN2O2/c1-13-10(11(15)14-2)7-4-5-9(16-3)8(12)6-7/h4-6,10,13H,1-3H3,(H,14,15). The fourth-order valence-electron chi connectivity index (χ4n) is 1.46. The van der Waals surface area contributed by atoms with Gasteiger partial charge < -0.3 is 15.4 Å². The van der Waals surface area contributed by atoms with Crippen LogP contribution in [0.1, 0.15) is 11.6 Å². The van der Waals surface area contributed by atoms with Crippen molar-refractivity contribution in [1.29, 1.82) is 0 Å². The number of likely N-dealkylation sites (N-methyl/N-ethyl adjacent to an activating group) is 2. The number of carbonyl (C=O) groups excluding carboxylic acids is 1. The fourth-order valence-corrected chi connectivity index (χ4v) is 1.72. The zero-order valence-corrected chi connectivity index (χ0v) is 10.3. The van der Waals surface area contributed by atoms with Crippen molar-refractivity contribution in [1.82, 2.24) is 10.6 Å². The average Bonchev–Trinajstić information content (AvgIpc) is 2.30. The van der Waals surface area contributed by atoms with Gasteiger partial charge in [0.05, 0.1) is 12.1 Å². The van der Waals surface area contributed by atoms with E-state index >= 15 is 0 Å². The topological polar surface area (TPSA) is 50.4 Å². The molecule has 1 rings (SSSR count). The molecule has 1 aromatic carbocycles. The number of amides is 1. The van der Waals surface area contributed by atoms with Crippen molar-refractivity contribution in [2.75, 3.05) is 21.2 Å². The molecule has 1 aromatic rings. The van der Waals surface area contributed by atoms with E-state index in [0.29, 0.717) is 10.8 Å². The Morgan fingerprint density at radius 3 is 2.56 bits per heavy atom. The maximum atomic E-state index is 11.6. The highest BCUT2D eigenvalue weighted by atomic mass is 35.5. The van der Waals surface area contributed by atoms with Gasteiger partial charge in [0.1, 0.15) is 11.8 Å². The summed E-state index contributed by atoms with van der Waals surface area (Å²) in [6, 6.07) is 4.86. The number of benzene rings is 1. The summed E-state index contributed by atoms with van der Waals surface area (Å²) < 4.78 is 5.05. The van der Waals surface area contributed by atoms with Crippen LogP contribution in [0, 0.1) is 0 Å². The molecule has 2 N–H and O–H groups in total. The molecule has 0 aliphatic heterocycles. The number of methoxy groups -OCH3 is 1. The number of rotatable bonds is 4. The quantitative estimate of drug-likeness (QED) is 0.838. The van der Waals surface area contributed by atoms with Gasteiger partial charge in [-0.1, -0.05) is 17.7 Å². The van der Waals surface area contributed by atoms with E-state index in [-0.39, 0.29) is 5.91 Å². The molecule has 0 radical (unpaired) electrons. The molecule has 0 fully saturated rings. The Morgan fingerprint density at radius 2 is 2.12 bits per heavy atom. The van der Waals surface area contributed by atoms with Crippen LogP contribution in [0.4, 0.5) is 0 Å². The third kappa shape index (κ3) is 2.65. The molecular weight excluding hydrogens is 228 g/mol. The summed E-state index contributed by atoms with van der Waals surface area (Å²) in [6.45, 7) is 0. The zero-order valence-electron chi connectivity index (χ0n) is 9.50. The first kappa shape index (κ1) is 12.8. The second-order valence-corrected chi connectivity index (χ2v) is 3.64. The van der Waals surface area contributed by atoms with Gasteiger partial charge in [-0.25, -0.2) is 0 Å². The summed E-state index contributed by atoms with van der Waals surface area (Å²) in [7, 11) is 4.87. The van der Waals surface area contributed by atoms with Crippen LogP contribution < -0.4 is 15.4 Å². The molecule has 1 atom stereocenters. The van der Waals surface area contributed by atoms with E-state index in [2.05, 4.69) is 10.6 Å². The molecule has 1 amide bonds. The smallest absolute Gasteiger partial charge is 0.241 e. The minimum Gasteiger partial charge on any atom is -0.495 e. The zero-order chi connectivity index (χ0) is 12.1. The van der Waals surface area contributed by atoms with Gasteiger partial charge in [0, 0.05) is 7.05 Å². The molecule has 5 heteroatoms.